The minimum Gasteiger partial charge on any atom is -0.481 e. The number of hydrogen-bond acceptors (Lipinski definition) is 3. The van der Waals surface area contributed by atoms with Gasteiger partial charge >= 0.3 is 12.0 Å². The minimum absolute atomic E-state index is 0.0837. The summed E-state index contributed by atoms with van der Waals surface area (Å²) >= 11 is 0. The fourth-order valence-corrected chi connectivity index (χ4v) is 4.53. The standard InChI is InChI=1S/C18H20FN3O4/c19-14-4-3-12(22-7-6-20-17(22)26)8-13(14)15(23)21-9-11-2-1-5-18(11,10-21)16(24)25/h3-4,8,11H,1-2,5-7,9-10H2,(H,20,26)(H,24,25)/t11-,18+/m0/s1. The van der Waals surface area contributed by atoms with Crippen molar-refractivity contribution < 1.29 is 23.9 Å². The van der Waals surface area contributed by atoms with Gasteiger partial charge in [-0.1, -0.05) is 6.42 Å². The molecule has 4 rings (SSSR count). The lowest BCUT2D eigenvalue weighted by Gasteiger charge is -2.23. The summed E-state index contributed by atoms with van der Waals surface area (Å²) in [6.07, 6.45) is 2.16. The van der Waals surface area contributed by atoms with Crippen LogP contribution in [0.4, 0.5) is 14.9 Å². The molecule has 2 N–H and O–H groups in total. The Kier molecular flexibility index (Phi) is 3.86. The van der Waals surface area contributed by atoms with Gasteiger partial charge in [0.25, 0.3) is 5.91 Å². The van der Waals surface area contributed by atoms with E-state index in [4.69, 9.17) is 0 Å². The largest absolute Gasteiger partial charge is 0.481 e. The van der Waals surface area contributed by atoms with Crippen molar-refractivity contribution in [2.24, 2.45) is 11.3 Å². The number of amides is 3. The van der Waals surface area contributed by atoms with Gasteiger partial charge in [-0.05, 0) is 37.0 Å². The van der Waals surface area contributed by atoms with Crippen LogP contribution in [0.15, 0.2) is 18.2 Å². The molecule has 7 nitrogen and oxygen atoms in total. The van der Waals surface area contributed by atoms with Gasteiger partial charge in [0.1, 0.15) is 5.82 Å². The number of likely N-dealkylation sites (tertiary alicyclic amines) is 1. The maximum atomic E-state index is 14.3. The van der Waals surface area contributed by atoms with E-state index in [-0.39, 0.29) is 24.1 Å². The van der Waals surface area contributed by atoms with Gasteiger partial charge in [0.15, 0.2) is 0 Å². The fraction of sp³-hybridized carbons (Fsp3) is 0.500. The number of halogens is 1. The van der Waals surface area contributed by atoms with Crippen LogP contribution in [0.3, 0.4) is 0 Å². The predicted octanol–water partition coefficient (Wildman–Crippen LogP) is 1.68. The number of carboxylic acid groups (broad SMARTS) is 1. The molecule has 3 aliphatic rings. The number of hydrogen-bond donors (Lipinski definition) is 2. The van der Waals surface area contributed by atoms with E-state index in [0.29, 0.717) is 31.7 Å². The number of carboxylic acids is 1. The van der Waals surface area contributed by atoms with Crippen molar-refractivity contribution in [2.45, 2.75) is 19.3 Å². The van der Waals surface area contributed by atoms with Crippen molar-refractivity contribution in [3.63, 3.8) is 0 Å². The lowest BCUT2D eigenvalue weighted by molar-refractivity contribution is -0.149. The Morgan fingerprint density at radius 1 is 1.35 bits per heavy atom. The van der Waals surface area contributed by atoms with E-state index in [2.05, 4.69) is 5.32 Å². The summed E-state index contributed by atoms with van der Waals surface area (Å²) in [5, 5.41) is 12.3. The molecule has 138 valence electrons. The predicted molar refractivity (Wildman–Crippen MR) is 90.5 cm³/mol. The zero-order chi connectivity index (χ0) is 18.5. The molecule has 2 heterocycles. The number of rotatable bonds is 3. The molecule has 2 aliphatic heterocycles. The topological polar surface area (TPSA) is 90.0 Å². The summed E-state index contributed by atoms with van der Waals surface area (Å²) in [5.74, 6) is -2.14. The van der Waals surface area contributed by atoms with Gasteiger partial charge in [0.2, 0.25) is 0 Å². The number of fused-ring (bicyclic) bond motifs is 1. The first-order valence-electron chi connectivity index (χ1n) is 8.80. The number of anilines is 1. The third kappa shape index (κ3) is 2.43. The lowest BCUT2D eigenvalue weighted by atomic mass is 9.81. The van der Waals surface area contributed by atoms with Gasteiger partial charge in [0.05, 0.1) is 11.0 Å². The Balaban J connectivity index is 1.61. The molecule has 1 saturated carbocycles. The number of carbonyl (C=O) groups is 3. The SMILES string of the molecule is O=C(c1cc(N2CCNC2=O)ccc1F)N1C[C@@H]2CCC[C@@]2(C(=O)O)C1. The van der Waals surface area contributed by atoms with E-state index < -0.39 is 23.1 Å². The molecule has 0 unspecified atom stereocenters. The zero-order valence-electron chi connectivity index (χ0n) is 14.2. The molecule has 1 aromatic carbocycles. The van der Waals surface area contributed by atoms with Crippen LogP contribution in [0.25, 0.3) is 0 Å². The fourth-order valence-electron chi connectivity index (χ4n) is 4.53. The zero-order valence-corrected chi connectivity index (χ0v) is 14.2. The molecule has 0 aromatic heterocycles. The molecule has 1 aromatic rings. The molecule has 26 heavy (non-hydrogen) atoms. The molecule has 3 fully saturated rings. The monoisotopic (exact) mass is 361 g/mol. The van der Waals surface area contributed by atoms with Gasteiger partial charge in [-0.25, -0.2) is 9.18 Å². The van der Waals surface area contributed by atoms with E-state index >= 15 is 0 Å². The number of nitrogens with one attached hydrogen (secondary N) is 1. The summed E-state index contributed by atoms with van der Waals surface area (Å²) < 4.78 is 14.3. The van der Waals surface area contributed by atoms with Crippen molar-refractivity contribution in [1.29, 1.82) is 0 Å². The van der Waals surface area contributed by atoms with Crippen LogP contribution in [-0.4, -0.2) is 54.1 Å². The maximum Gasteiger partial charge on any atom is 0.321 e. The Hall–Kier alpha value is -2.64. The van der Waals surface area contributed by atoms with Gasteiger partial charge in [-0.15, -0.1) is 0 Å². The van der Waals surface area contributed by atoms with Crippen LogP contribution >= 0.6 is 0 Å². The second kappa shape index (κ2) is 5.96. The Bertz CT molecular complexity index is 799. The highest BCUT2D eigenvalue weighted by atomic mass is 19.1. The molecule has 2 atom stereocenters. The van der Waals surface area contributed by atoms with Gasteiger partial charge in [-0.2, -0.15) is 0 Å². The summed E-state index contributed by atoms with van der Waals surface area (Å²) in [6.45, 7) is 1.39. The second-order valence-electron chi connectivity index (χ2n) is 7.28. The quantitative estimate of drug-likeness (QED) is 0.857. The summed E-state index contributed by atoms with van der Waals surface area (Å²) in [5.41, 5.74) is -0.571. The van der Waals surface area contributed by atoms with Crippen LogP contribution in [0.5, 0.6) is 0 Å². The van der Waals surface area contributed by atoms with E-state index in [9.17, 15) is 23.9 Å². The normalized spacial score (nSPS) is 27.6. The van der Waals surface area contributed by atoms with Crippen molar-refractivity contribution in [2.75, 3.05) is 31.1 Å². The smallest absolute Gasteiger partial charge is 0.321 e. The average Bonchev–Trinajstić information content (AvgIpc) is 3.28. The number of urea groups is 1. The van der Waals surface area contributed by atoms with Crippen molar-refractivity contribution >= 4 is 23.6 Å². The number of carbonyl (C=O) groups excluding carboxylic acids is 2. The molecule has 3 amide bonds. The Morgan fingerprint density at radius 3 is 2.81 bits per heavy atom. The number of nitrogens with zero attached hydrogens (tertiary/aromatic N) is 2. The molecular formula is C18H20FN3O4. The highest BCUT2D eigenvalue weighted by Crippen LogP contribution is 2.49. The minimum atomic E-state index is -0.904. The van der Waals surface area contributed by atoms with Gasteiger partial charge < -0.3 is 15.3 Å². The van der Waals surface area contributed by atoms with E-state index in [0.717, 1.165) is 12.8 Å². The first-order chi connectivity index (χ1) is 12.4. The van der Waals surface area contributed by atoms with E-state index in [1.807, 2.05) is 0 Å². The second-order valence-corrected chi connectivity index (χ2v) is 7.28. The van der Waals surface area contributed by atoms with Crippen LogP contribution in [0.2, 0.25) is 0 Å². The highest BCUT2D eigenvalue weighted by molar-refractivity contribution is 5.99. The van der Waals surface area contributed by atoms with Gasteiger partial charge in [0, 0.05) is 31.9 Å². The van der Waals surface area contributed by atoms with Crippen molar-refractivity contribution in [3.8, 4) is 0 Å². The van der Waals surface area contributed by atoms with Gasteiger partial charge in [-0.3, -0.25) is 14.5 Å². The van der Waals surface area contributed by atoms with Crippen molar-refractivity contribution in [1.82, 2.24) is 10.2 Å². The number of benzene rings is 1. The molecule has 1 aliphatic carbocycles. The molecule has 0 radical (unpaired) electrons. The van der Waals surface area contributed by atoms with Crippen molar-refractivity contribution in [3.05, 3.63) is 29.6 Å². The van der Waals surface area contributed by atoms with Crippen LogP contribution in [0.1, 0.15) is 29.6 Å². The molecule has 2 saturated heterocycles. The van der Waals surface area contributed by atoms with Crippen LogP contribution in [0, 0.1) is 17.2 Å². The summed E-state index contributed by atoms with van der Waals surface area (Å²) in [7, 11) is 0. The summed E-state index contributed by atoms with van der Waals surface area (Å²) in [6, 6.07) is 3.74. The summed E-state index contributed by atoms with van der Waals surface area (Å²) in [4.78, 5) is 39.4. The molecular weight excluding hydrogens is 341 g/mol. The first-order valence-corrected chi connectivity index (χ1v) is 8.80. The molecule has 8 heteroatoms. The molecule has 0 bridgehead atoms. The highest BCUT2D eigenvalue weighted by Gasteiger charge is 2.56. The first kappa shape index (κ1) is 16.8. The Morgan fingerprint density at radius 2 is 2.15 bits per heavy atom. The number of aliphatic carboxylic acids is 1. The van der Waals surface area contributed by atoms with Crippen LogP contribution in [-0.2, 0) is 4.79 Å². The third-order valence-corrected chi connectivity index (χ3v) is 5.93. The lowest BCUT2D eigenvalue weighted by Crippen LogP contribution is -2.37. The van der Waals surface area contributed by atoms with E-state index in [1.165, 1.54) is 28.0 Å². The Labute approximate surface area is 149 Å². The molecule has 0 spiro atoms. The maximum absolute atomic E-state index is 14.3. The third-order valence-electron chi connectivity index (χ3n) is 5.93. The average molecular weight is 361 g/mol. The van der Waals surface area contributed by atoms with Crippen LogP contribution < -0.4 is 10.2 Å². The van der Waals surface area contributed by atoms with E-state index in [1.54, 1.807) is 0 Å².